The predicted molar refractivity (Wildman–Crippen MR) is 70.9 cm³/mol. The summed E-state index contributed by atoms with van der Waals surface area (Å²) in [5.41, 5.74) is -0.844. The molecule has 8 heteroatoms. The summed E-state index contributed by atoms with van der Waals surface area (Å²) in [7, 11) is 0. The molecule has 104 valence electrons. The van der Waals surface area contributed by atoms with Gasteiger partial charge in [-0.1, -0.05) is 15.9 Å². The number of halogens is 1. The minimum Gasteiger partial charge on any atom is -0.394 e. The van der Waals surface area contributed by atoms with Crippen molar-refractivity contribution in [2.75, 3.05) is 6.61 Å². The Morgan fingerprint density at radius 3 is 2.89 bits per heavy atom. The van der Waals surface area contributed by atoms with E-state index < -0.39 is 29.7 Å². The van der Waals surface area contributed by atoms with E-state index in [1.807, 2.05) is 0 Å². The van der Waals surface area contributed by atoms with E-state index >= 15 is 0 Å². The molecule has 1 fully saturated rings. The van der Waals surface area contributed by atoms with E-state index in [2.05, 4.69) is 20.9 Å². The highest BCUT2D eigenvalue weighted by atomic mass is 79.9. The van der Waals surface area contributed by atoms with E-state index in [1.165, 1.54) is 21.8 Å². The van der Waals surface area contributed by atoms with E-state index in [1.54, 1.807) is 0 Å². The third kappa shape index (κ3) is 2.86. The van der Waals surface area contributed by atoms with Crippen LogP contribution in [0.3, 0.4) is 0 Å². The number of hydrogen-bond acceptors (Lipinski definition) is 5. The van der Waals surface area contributed by atoms with Gasteiger partial charge in [0.2, 0.25) is 0 Å². The number of nitrogens with zero attached hydrogens (tertiary/aromatic N) is 1. The lowest BCUT2D eigenvalue weighted by molar-refractivity contribution is -0.0459. The zero-order valence-corrected chi connectivity index (χ0v) is 11.4. The Labute approximate surface area is 116 Å². The maximum atomic E-state index is 11.7. The lowest BCUT2D eigenvalue weighted by atomic mass is 10.2. The van der Waals surface area contributed by atoms with Gasteiger partial charge in [0.15, 0.2) is 0 Å². The largest absolute Gasteiger partial charge is 0.394 e. The quantitative estimate of drug-likeness (QED) is 0.695. The Morgan fingerprint density at radius 2 is 2.32 bits per heavy atom. The molecule has 1 aromatic heterocycles. The molecule has 1 aromatic rings. The summed E-state index contributed by atoms with van der Waals surface area (Å²) >= 11 is 3.05. The highest BCUT2D eigenvalue weighted by molar-refractivity contribution is 9.11. The summed E-state index contributed by atoms with van der Waals surface area (Å²) in [5, 5.41) is 18.7. The number of aliphatic hydroxyl groups is 2. The van der Waals surface area contributed by atoms with Crippen LogP contribution in [0.4, 0.5) is 0 Å². The van der Waals surface area contributed by atoms with Crippen LogP contribution in [-0.2, 0) is 4.74 Å². The second kappa shape index (κ2) is 5.83. The van der Waals surface area contributed by atoms with Crippen LogP contribution in [0.25, 0.3) is 6.08 Å². The van der Waals surface area contributed by atoms with Gasteiger partial charge in [-0.05, 0) is 11.1 Å². The fraction of sp³-hybridized carbons (Fsp3) is 0.455. The fourth-order valence-corrected chi connectivity index (χ4v) is 2.24. The molecule has 7 nitrogen and oxygen atoms in total. The Kier molecular flexibility index (Phi) is 4.35. The van der Waals surface area contributed by atoms with Crippen LogP contribution in [0.2, 0.25) is 0 Å². The van der Waals surface area contributed by atoms with Gasteiger partial charge < -0.3 is 14.9 Å². The molecule has 19 heavy (non-hydrogen) atoms. The zero-order valence-electron chi connectivity index (χ0n) is 9.82. The molecule has 0 radical (unpaired) electrons. The molecule has 2 heterocycles. The number of H-pyrrole nitrogens is 1. The number of aromatic amines is 1. The van der Waals surface area contributed by atoms with Gasteiger partial charge in [0.1, 0.15) is 12.3 Å². The van der Waals surface area contributed by atoms with Crippen molar-refractivity contribution < 1.29 is 14.9 Å². The normalized spacial score (nSPS) is 27.2. The van der Waals surface area contributed by atoms with E-state index in [0.29, 0.717) is 0 Å². The van der Waals surface area contributed by atoms with Crippen LogP contribution in [-0.4, -0.2) is 38.6 Å². The highest BCUT2D eigenvalue weighted by Crippen LogP contribution is 2.27. The number of aliphatic hydroxyl groups excluding tert-OH is 2. The molecule has 0 amide bonds. The highest BCUT2D eigenvalue weighted by Gasteiger charge is 2.35. The monoisotopic (exact) mass is 332 g/mol. The van der Waals surface area contributed by atoms with Gasteiger partial charge in [0.25, 0.3) is 5.56 Å². The molecular formula is C11H13BrN2O5. The topological polar surface area (TPSA) is 105 Å². The van der Waals surface area contributed by atoms with Crippen LogP contribution in [0.15, 0.2) is 20.8 Å². The zero-order chi connectivity index (χ0) is 14.0. The summed E-state index contributed by atoms with van der Waals surface area (Å²) in [6.07, 6.45) is 0.746. The molecule has 0 aliphatic carbocycles. The molecule has 1 aliphatic rings. The van der Waals surface area contributed by atoms with Crippen LogP contribution < -0.4 is 11.2 Å². The SMILES string of the molecule is O=c1[nH]c(=O)n([C@H]2C[C@@H](O)[C@@H](CO)O2)cc1C=CBr. The van der Waals surface area contributed by atoms with Crippen LogP contribution in [0.1, 0.15) is 18.2 Å². The lowest BCUT2D eigenvalue weighted by Crippen LogP contribution is -2.33. The summed E-state index contributed by atoms with van der Waals surface area (Å²) in [5.74, 6) is 0. The average molecular weight is 333 g/mol. The van der Waals surface area contributed by atoms with Crippen LogP contribution in [0.5, 0.6) is 0 Å². The molecule has 1 aliphatic heterocycles. The Bertz CT molecular complexity index is 593. The number of rotatable bonds is 3. The number of ether oxygens (including phenoxy) is 1. The van der Waals surface area contributed by atoms with E-state index in [0.717, 1.165) is 0 Å². The first-order valence-corrected chi connectivity index (χ1v) is 6.55. The minimum atomic E-state index is -0.844. The molecule has 0 saturated carbocycles. The van der Waals surface area contributed by atoms with Crippen molar-refractivity contribution in [2.24, 2.45) is 0 Å². The van der Waals surface area contributed by atoms with Gasteiger partial charge in [-0.25, -0.2) is 4.79 Å². The second-order valence-corrected chi connectivity index (χ2v) is 4.69. The Balaban J connectivity index is 2.38. The van der Waals surface area contributed by atoms with Crippen molar-refractivity contribution >= 4 is 22.0 Å². The first-order valence-electron chi connectivity index (χ1n) is 5.63. The van der Waals surface area contributed by atoms with Crippen LogP contribution >= 0.6 is 15.9 Å². The minimum absolute atomic E-state index is 0.175. The third-order valence-corrected chi connectivity index (χ3v) is 3.20. The summed E-state index contributed by atoms with van der Waals surface area (Å²) in [4.78, 5) is 26.9. The van der Waals surface area contributed by atoms with Gasteiger partial charge in [-0.15, -0.1) is 0 Å². The molecule has 0 unspecified atom stereocenters. The Hall–Kier alpha value is -1.22. The van der Waals surface area contributed by atoms with E-state index in [-0.39, 0.29) is 18.6 Å². The number of nitrogens with one attached hydrogen (secondary N) is 1. The van der Waals surface area contributed by atoms with Crippen molar-refractivity contribution in [1.82, 2.24) is 9.55 Å². The van der Waals surface area contributed by atoms with Crippen molar-refractivity contribution in [2.45, 2.75) is 24.9 Å². The molecule has 0 aromatic carbocycles. The molecule has 2 rings (SSSR count). The average Bonchev–Trinajstić information content (AvgIpc) is 2.74. The lowest BCUT2D eigenvalue weighted by Gasteiger charge is -2.14. The first-order chi connectivity index (χ1) is 9.06. The molecule has 3 atom stereocenters. The summed E-state index contributed by atoms with van der Waals surface area (Å²) < 4.78 is 6.56. The molecule has 0 bridgehead atoms. The van der Waals surface area contributed by atoms with E-state index in [9.17, 15) is 14.7 Å². The maximum Gasteiger partial charge on any atom is 0.330 e. The van der Waals surface area contributed by atoms with Crippen molar-refractivity contribution in [3.63, 3.8) is 0 Å². The third-order valence-electron chi connectivity index (χ3n) is 2.93. The number of hydrogen-bond donors (Lipinski definition) is 3. The van der Waals surface area contributed by atoms with E-state index in [4.69, 9.17) is 9.84 Å². The molecule has 0 spiro atoms. The summed E-state index contributed by atoms with van der Waals surface area (Å²) in [6, 6.07) is 0. The fourth-order valence-electron chi connectivity index (χ4n) is 1.95. The van der Waals surface area contributed by atoms with Crippen LogP contribution in [0, 0.1) is 0 Å². The van der Waals surface area contributed by atoms with Gasteiger partial charge in [0.05, 0.1) is 18.3 Å². The van der Waals surface area contributed by atoms with Gasteiger partial charge in [-0.3, -0.25) is 14.3 Å². The first kappa shape index (κ1) is 14.2. The van der Waals surface area contributed by atoms with Crippen molar-refractivity contribution in [1.29, 1.82) is 0 Å². The second-order valence-electron chi connectivity index (χ2n) is 4.16. The Morgan fingerprint density at radius 1 is 1.58 bits per heavy atom. The van der Waals surface area contributed by atoms with Crippen molar-refractivity contribution in [3.8, 4) is 0 Å². The smallest absolute Gasteiger partial charge is 0.330 e. The predicted octanol–water partition coefficient (Wildman–Crippen LogP) is -0.457. The van der Waals surface area contributed by atoms with Gasteiger partial charge in [0, 0.05) is 12.6 Å². The standard InChI is InChI=1S/C11H13BrN2O5/c12-2-1-6-4-14(11(18)13-10(6)17)9-3-7(16)8(5-15)19-9/h1-2,4,7-9,15-16H,3,5H2,(H,13,17,18)/t7-,8-,9-/m1/s1. The summed E-state index contributed by atoms with van der Waals surface area (Å²) in [6.45, 7) is -0.329. The van der Waals surface area contributed by atoms with Gasteiger partial charge >= 0.3 is 5.69 Å². The molecular weight excluding hydrogens is 320 g/mol. The molecule has 1 saturated heterocycles. The van der Waals surface area contributed by atoms with Gasteiger partial charge in [-0.2, -0.15) is 0 Å². The number of aromatic nitrogens is 2. The van der Waals surface area contributed by atoms with Crippen molar-refractivity contribution in [3.05, 3.63) is 37.6 Å². The maximum absolute atomic E-state index is 11.7. The molecule has 3 N–H and O–H groups in total.